The Morgan fingerprint density at radius 1 is 0.617 bits per heavy atom. The average molecular weight is 608 g/mol. The van der Waals surface area contributed by atoms with Crippen molar-refractivity contribution in [1.29, 1.82) is 0 Å². The number of aliphatic imine (C=N–C) groups is 2. The Kier molecular flexibility index (Phi) is 7.52. The highest BCUT2D eigenvalue weighted by atomic mass is 16.3. The van der Waals surface area contributed by atoms with Crippen molar-refractivity contribution in [2.75, 3.05) is 6.54 Å². The highest BCUT2D eigenvalue weighted by Crippen LogP contribution is 2.40. The summed E-state index contributed by atoms with van der Waals surface area (Å²) in [6.07, 6.45) is 4.07. The molecule has 8 rings (SSSR count). The SMILES string of the molecule is NC(=NC(=NCC1=CCCc2oc3ccc(-c4ccc(-c5ccccc5)c5ccccc45)cc3c21)c1ccccc1)c1ccccc1. The number of nitrogens with two attached hydrogens (primary N) is 1. The van der Waals surface area contributed by atoms with E-state index in [1.54, 1.807) is 0 Å². The van der Waals surface area contributed by atoms with Gasteiger partial charge in [-0.15, -0.1) is 0 Å². The molecule has 0 unspecified atom stereocenters. The Morgan fingerprint density at radius 3 is 1.94 bits per heavy atom. The molecular weight excluding hydrogens is 574 g/mol. The summed E-state index contributed by atoms with van der Waals surface area (Å²) in [6.45, 7) is 0.469. The first-order valence-corrected chi connectivity index (χ1v) is 16.0. The van der Waals surface area contributed by atoms with Crippen molar-refractivity contribution in [3.63, 3.8) is 0 Å². The summed E-state index contributed by atoms with van der Waals surface area (Å²) in [4.78, 5) is 9.88. The molecule has 0 fully saturated rings. The predicted octanol–water partition coefficient (Wildman–Crippen LogP) is 10.1. The first-order chi connectivity index (χ1) is 23.2. The van der Waals surface area contributed by atoms with Gasteiger partial charge in [0.2, 0.25) is 0 Å². The van der Waals surface area contributed by atoms with Gasteiger partial charge in [0.1, 0.15) is 17.2 Å². The zero-order chi connectivity index (χ0) is 31.6. The molecule has 0 saturated heterocycles. The largest absolute Gasteiger partial charge is 0.460 e. The zero-order valence-corrected chi connectivity index (χ0v) is 25.9. The standard InChI is InChI=1S/C43H33N3O/c44-42(30-15-6-2-7-16-30)46-43(31-17-8-3-9-18-31)45-28-33-19-12-22-40-41(33)38-27-32(23-26-39(38)47-40)35-25-24-34(29-13-4-1-5-14-29)36-20-10-11-21-37(35)36/h1-11,13-21,23-27H,12,22,28H2,(H2,44,45,46). The summed E-state index contributed by atoms with van der Waals surface area (Å²) in [5.74, 6) is 2.07. The smallest absolute Gasteiger partial charge is 0.157 e. The van der Waals surface area contributed by atoms with Crippen LogP contribution in [0.2, 0.25) is 0 Å². The molecule has 0 saturated carbocycles. The van der Waals surface area contributed by atoms with Crippen LogP contribution in [0, 0.1) is 0 Å². The van der Waals surface area contributed by atoms with Gasteiger partial charge >= 0.3 is 0 Å². The fraction of sp³-hybridized carbons (Fsp3) is 0.0698. The first-order valence-electron chi connectivity index (χ1n) is 16.0. The van der Waals surface area contributed by atoms with E-state index in [1.165, 1.54) is 27.5 Å². The van der Waals surface area contributed by atoms with Crippen LogP contribution in [0.15, 0.2) is 166 Å². The van der Waals surface area contributed by atoms with Gasteiger partial charge in [0.05, 0.1) is 6.54 Å². The molecule has 0 amide bonds. The Morgan fingerprint density at radius 2 is 1.23 bits per heavy atom. The lowest BCUT2D eigenvalue weighted by Gasteiger charge is -2.14. The maximum absolute atomic E-state index is 6.47. The van der Waals surface area contributed by atoms with Crippen molar-refractivity contribution in [3.8, 4) is 22.3 Å². The van der Waals surface area contributed by atoms with Gasteiger partial charge in [-0.3, -0.25) is 4.99 Å². The number of rotatable bonds is 6. The molecule has 7 aromatic rings. The van der Waals surface area contributed by atoms with E-state index in [1.807, 2.05) is 60.7 Å². The van der Waals surface area contributed by atoms with Gasteiger partial charge < -0.3 is 10.2 Å². The molecule has 1 heterocycles. The molecule has 2 N–H and O–H groups in total. The van der Waals surface area contributed by atoms with Crippen molar-refractivity contribution in [2.45, 2.75) is 12.8 Å². The van der Waals surface area contributed by atoms with Crippen molar-refractivity contribution in [1.82, 2.24) is 0 Å². The summed E-state index contributed by atoms with van der Waals surface area (Å²) in [5, 5.41) is 3.58. The molecule has 4 heteroatoms. The van der Waals surface area contributed by atoms with Crippen LogP contribution in [0.4, 0.5) is 0 Å². The van der Waals surface area contributed by atoms with Crippen LogP contribution < -0.4 is 5.73 Å². The molecule has 6 aromatic carbocycles. The number of amidine groups is 2. The first kappa shape index (κ1) is 28.5. The van der Waals surface area contributed by atoms with E-state index < -0.39 is 0 Å². The van der Waals surface area contributed by atoms with E-state index in [-0.39, 0.29) is 0 Å². The summed E-state index contributed by atoms with van der Waals surface area (Å²) in [7, 11) is 0. The number of hydrogen-bond donors (Lipinski definition) is 1. The van der Waals surface area contributed by atoms with Crippen LogP contribution in [0.25, 0.3) is 49.6 Å². The lowest BCUT2D eigenvalue weighted by Crippen LogP contribution is -2.16. The maximum Gasteiger partial charge on any atom is 0.157 e. The maximum atomic E-state index is 6.47. The number of hydrogen-bond acceptors (Lipinski definition) is 2. The highest BCUT2D eigenvalue weighted by molar-refractivity contribution is 6.11. The fourth-order valence-corrected chi connectivity index (χ4v) is 6.61. The molecule has 0 aliphatic heterocycles. The van der Waals surface area contributed by atoms with Crippen LogP contribution in [0.5, 0.6) is 0 Å². The minimum atomic E-state index is 0.440. The fourth-order valence-electron chi connectivity index (χ4n) is 6.61. The Labute approximate surface area is 274 Å². The van der Waals surface area contributed by atoms with Gasteiger partial charge in [-0.25, -0.2) is 4.99 Å². The quantitative estimate of drug-likeness (QED) is 0.151. The second kappa shape index (κ2) is 12.4. The highest BCUT2D eigenvalue weighted by Gasteiger charge is 2.22. The number of fused-ring (bicyclic) bond motifs is 4. The van der Waals surface area contributed by atoms with Crippen molar-refractivity contribution in [3.05, 3.63) is 174 Å². The lowest BCUT2D eigenvalue weighted by atomic mass is 9.90. The molecule has 226 valence electrons. The second-order valence-corrected chi connectivity index (χ2v) is 11.8. The summed E-state index contributed by atoms with van der Waals surface area (Å²) in [5.41, 5.74) is 16.3. The van der Waals surface area contributed by atoms with Gasteiger partial charge in [-0.1, -0.05) is 140 Å². The lowest BCUT2D eigenvalue weighted by molar-refractivity contribution is 0.545. The number of nitrogens with zero attached hydrogens (tertiary/aromatic N) is 2. The monoisotopic (exact) mass is 607 g/mol. The number of aryl methyl sites for hydroxylation is 1. The molecule has 0 atom stereocenters. The van der Waals surface area contributed by atoms with Gasteiger partial charge in [0.15, 0.2) is 5.84 Å². The van der Waals surface area contributed by atoms with Crippen LogP contribution in [-0.4, -0.2) is 18.2 Å². The van der Waals surface area contributed by atoms with Crippen LogP contribution in [0.1, 0.15) is 28.9 Å². The van der Waals surface area contributed by atoms with Gasteiger partial charge in [-0.2, -0.15) is 0 Å². The summed E-state index contributed by atoms with van der Waals surface area (Å²) >= 11 is 0. The molecule has 4 nitrogen and oxygen atoms in total. The molecule has 47 heavy (non-hydrogen) atoms. The third-order valence-corrected chi connectivity index (χ3v) is 8.89. The molecule has 1 aliphatic rings. The van der Waals surface area contributed by atoms with Crippen LogP contribution >= 0.6 is 0 Å². The average Bonchev–Trinajstić information content (AvgIpc) is 3.52. The Bertz CT molecular complexity index is 2310. The second-order valence-electron chi connectivity index (χ2n) is 11.8. The molecule has 1 aromatic heterocycles. The molecule has 0 spiro atoms. The third-order valence-electron chi connectivity index (χ3n) is 8.89. The van der Waals surface area contributed by atoms with E-state index in [9.17, 15) is 0 Å². The van der Waals surface area contributed by atoms with E-state index in [4.69, 9.17) is 20.1 Å². The van der Waals surface area contributed by atoms with Crippen molar-refractivity contribution < 1.29 is 4.42 Å². The third kappa shape index (κ3) is 5.55. The summed E-state index contributed by atoms with van der Waals surface area (Å²) in [6, 6.07) is 50.2. The zero-order valence-electron chi connectivity index (χ0n) is 25.9. The van der Waals surface area contributed by atoms with Gasteiger partial charge in [0, 0.05) is 28.5 Å². The molecule has 1 aliphatic carbocycles. The Balaban J connectivity index is 1.19. The van der Waals surface area contributed by atoms with Crippen LogP contribution in [0.3, 0.4) is 0 Å². The minimum absolute atomic E-state index is 0.440. The van der Waals surface area contributed by atoms with Gasteiger partial charge in [-0.05, 0) is 57.2 Å². The molecule has 0 radical (unpaired) electrons. The van der Waals surface area contributed by atoms with Crippen LogP contribution in [-0.2, 0) is 6.42 Å². The van der Waals surface area contributed by atoms with Gasteiger partial charge in [0.25, 0.3) is 0 Å². The van der Waals surface area contributed by atoms with E-state index >= 15 is 0 Å². The van der Waals surface area contributed by atoms with E-state index in [2.05, 4.69) is 91.0 Å². The number of allylic oxidation sites excluding steroid dienone is 1. The summed E-state index contributed by atoms with van der Waals surface area (Å²) < 4.78 is 6.45. The molecule has 0 bridgehead atoms. The van der Waals surface area contributed by atoms with E-state index in [0.29, 0.717) is 18.2 Å². The normalized spacial score (nSPS) is 13.5. The minimum Gasteiger partial charge on any atom is -0.460 e. The predicted molar refractivity (Wildman–Crippen MR) is 196 cm³/mol. The number of benzene rings is 6. The number of furan rings is 1. The van der Waals surface area contributed by atoms with E-state index in [0.717, 1.165) is 57.4 Å². The van der Waals surface area contributed by atoms with Crippen molar-refractivity contribution >= 4 is 39.0 Å². The molecular formula is C43H33N3O. The topological polar surface area (TPSA) is 63.9 Å². The Hall–Kier alpha value is -6.00. The van der Waals surface area contributed by atoms with Crippen molar-refractivity contribution in [2.24, 2.45) is 15.7 Å².